The van der Waals surface area contributed by atoms with E-state index in [2.05, 4.69) is 14.2 Å². The number of aromatic carboxylic acids is 1. The molecule has 0 aliphatic carbocycles. The number of anilines is 1. The SMILES string of the molecule is COC(=O)c1cc(C)ccc1[N+](=O)[O-].COC(=O)c1cc(CN(C)C(=O)OC(C)(C)C)ccc1N.COC(=O)c1cc(CN(C)C(=O)OC(C)(C)C)ccc1[N+](=O)[O-].Cc1ccc([N+](=O)[O-])c(C(=O)O)c1. The number of nitrogens with two attached hydrogens (primary N) is 1. The molecule has 0 saturated carbocycles. The van der Waals surface area contributed by atoms with Gasteiger partial charge in [0.15, 0.2) is 0 Å². The van der Waals surface area contributed by atoms with Crippen molar-refractivity contribution in [2.24, 2.45) is 0 Å². The van der Waals surface area contributed by atoms with Crippen molar-refractivity contribution in [1.82, 2.24) is 9.80 Å². The van der Waals surface area contributed by atoms with E-state index in [1.54, 1.807) is 86.7 Å². The van der Waals surface area contributed by atoms with Gasteiger partial charge < -0.3 is 44.3 Å². The standard InChI is InChI=1S/C15H20N2O6.C15H22N2O4.C9H9NO4.C8H7NO4/c1-15(2,3)23-14(19)16(4)9-10-6-7-12(17(20)21)11(8-10)13(18)22-5;1-15(2,3)21-14(19)17(4)9-10-6-7-12(16)11(8-10)13(18)20-5;1-6-3-4-8(10(12)13)7(5-6)9(11)14-2;1-5-2-3-7(9(12)13)6(4-5)8(10)11/h6-8H,9H2,1-5H3;6-8H,9,16H2,1-5H3;3-5H,1-2H3;2-4H,1H3,(H,10,11). The highest BCUT2D eigenvalue weighted by Crippen LogP contribution is 2.24. The number of hydrogen-bond acceptors (Lipinski definition) is 18. The van der Waals surface area contributed by atoms with Crippen LogP contribution in [0.15, 0.2) is 72.8 Å². The molecule has 0 unspecified atom stereocenters. The summed E-state index contributed by atoms with van der Waals surface area (Å²) in [5.41, 5.74) is 6.54. The molecule has 4 aromatic rings. The van der Waals surface area contributed by atoms with Gasteiger partial charge in [0.1, 0.15) is 27.9 Å². The predicted octanol–water partition coefficient (Wildman–Crippen LogP) is 8.46. The average molecular weight is 995 g/mol. The van der Waals surface area contributed by atoms with Crippen LogP contribution in [-0.4, -0.2) is 112 Å². The largest absolute Gasteiger partial charge is 0.477 e. The summed E-state index contributed by atoms with van der Waals surface area (Å²) >= 11 is 0. The van der Waals surface area contributed by atoms with Crippen molar-refractivity contribution in [2.75, 3.05) is 41.2 Å². The molecule has 0 atom stereocenters. The van der Waals surface area contributed by atoms with Crippen molar-refractivity contribution in [2.45, 2.75) is 79.7 Å². The first-order valence-corrected chi connectivity index (χ1v) is 20.8. The molecule has 4 rings (SSSR count). The number of carboxylic acid groups (broad SMARTS) is 1. The Bertz CT molecular complexity index is 2620. The van der Waals surface area contributed by atoms with Crippen molar-refractivity contribution < 1.29 is 72.3 Å². The highest BCUT2D eigenvalue weighted by molar-refractivity contribution is 5.96. The number of methoxy groups -OCH3 is 3. The Morgan fingerprint density at radius 2 is 0.845 bits per heavy atom. The number of carbonyl (C=O) groups excluding carboxylic acids is 5. The fraction of sp³-hybridized carbons (Fsp3) is 0.362. The molecule has 384 valence electrons. The van der Waals surface area contributed by atoms with Gasteiger partial charge in [0, 0.05) is 51.1 Å². The summed E-state index contributed by atoms with van der Waals surface area (Å²) in [6.45, 7) is 14.5. The molecule has 0 aliphatic rings. The molecule has 0 saturated heterocycles. The third kappa shape index (κ3) is 20.2. The van der Waals surface area contributed by atoms with E-state index in [0.717, 1.165) is 18.2 Å². The van der Waals surface area contributed by atoms with Crippen LogP contribution in [0, 0.1) is 44.2 Å². The summed E-state index contributed by atoms with van der Waals surface area (Å²) in [4.78, 5) is 101. The molecule has 71 heavy (non-hydrogen) atoms. The van der Waals surface area contributed by atoms with E-state index < -0.39 is 62.0 Å². The Kier molecular flexibility index (Phi) is 22.7. The monoisotopic (exact) mass is 994 g/mol. The zero-order valence-corrected chi connectivity index (χ0v) is 41.5. The molecule has 2 amide bonds. The first-order valence-electron chi connectivity index (χ1n) is 20.8. The molecule has 0 spiro atoms. The zero-order valence-electron chi connectivity index (χ0n) is 41.5. The molecule has 0 aromatic heterocycles. The number of carboxylic acids is 1. The van der Waals surface area contributed by atoms with Crippen LogP contribution >= 0.6 is 0 Å². The lowest BCUT2D eigenvalue weighted by atomic mass is 10.1. The van der Waals surface area contributed by atoms with Gasteiger partial charge in [0.25, 0.3) is 17.1 Å². The summed E-state index contributed by atoms with van der Waals surface area (Å²) in [6.07, 6.45) is -0.964. The minimum atomic E-state index is -1.28. The molecule has 0 bridgehead atoms. The smallest absolute Gasteiger partial charge is 0.410 e. The number of rotatable bonds is 11. The lowest BCUT2D eigenvalue weighted by Gasteiger charge is -2.24. The topological polar surface area (TPSA) is 331 Å². The summed E-state index contributed by atoms with van der Waals surface area (Å²) in [5, 5.41) is 40.5. The van der Waals surface area contributed by atoms with E-state index in [9.17, 15) is 59.1 Å². The van der Waals surface area contributed by atoms with Crippen LogP contribution in [0.4, 0.5) is 32.3 Å². The number of aryl methyl sites for hydroxylation is 2. The molecule has 0 radical (unpaired) electrons. The number of ether oxygens (including phenoxy) is 5. The molecule has 3 N–H and O–H groups in total. The normalized spacial score (nSPS) is 10.4. The van der Waals surface area contributed by atoms with Gasteiger partial charge in [0.2, 0.25) is 0 Å². The van der Waals surface area contributed by atoms with Crippen LogP contribution in [0.3, 0.4) is 0 Å². The third-order valence-electron chi connectivity index (χ3n) is 8.77. The number of nitro benzene ring substituents is 3. The molecule has 0 aliphatic heterocycles. The lowest BCUT2D eigenvalue weighted by Crippen LogP contribution is -2.33. The number of nitro groups is 3. The van der Waals surface area contributed by atoms with Gasteiger partial charge in [-0.1, -0.05) is 24.3 Å². The second kappa shape index (κ2) is 26.7. The van der Waals surface area contributed by atoms with Gasteiger partial charge >= 0.3 is 36.1 Å². The van der Waals surface area contributed by atoms with Gasteiger partial charge in [-0.2, -0.15) is 0 Å². The van der Waals surface area contributed by atoms with Gasteiger partial charge in [-0.3, -0.25) is 30.3 Å². The van der Waals surface area contributed by atoms with Gasteiger partial charge in [0.05, 0.1) is 41.7 Å². The van der Waals surface area contributed by atoms with Crippen LogP contribution in [0.2, 0.25) is 0 Å². The molecular weight excluding hydrogens is 937 g/mol. The summed E-state index contributed by atoms with van der Waals surface area (Å²) in [6, 6.07) is 17.3. The van der Waals surface area contributed by atoms with Crippen LogP contribution in [0.5, 0.6) is 0 Å². The zero-order chi connectivity index (χ0) is 54.7. The fourth-order valence-corrected chi connectivity index (χ4v) is 5.52. The van der Waals surface area contributed by atoms with Crippen LogP contribution in [0.1, 0.15) is 105 Å². The summed E-state index contributed by atoms with van der Waals surface area (Å²) in [5.74, 6) is -3.29. The Labute approximate surface area is 408 Å². The predicted molar refractivity (Wildman–Crippen MR) is 256 cm³/mol. The van der Waals surface area contributed by atoms with Crippen molar-refractivity contribution in [1.29, 1.82) is 0 Å². The number of esters is 3. The Morgan fingerprint density at radius 3 is 1.20 bits per heavy atom. The second-order valence-electron chi connectivity index (χ2n) is 17.0. The maximum atomic E-state index is 11.9. The van der Waals surface area contributed by atoms with Crippen molar-refractivity contribution >= 4 is 58.8 Å². The summed E-state index contributed by atoms with van der Waals surface area (Å²) in [7, 11) is 6.79. The Hall–Kier alpha value is -8.70. The van der Waals surface area contributed by atoms with E-state index >= 15 is 0 Å². The van der Waals surface area contributed by atoms with Gasteiger partial charge in [-0.15, -0.1) is 0 Å². The lowest BCUT2D eigenvalue weighted by molar-refractivity contribution is -0.385. The molecule has 4 aromatic carbocycles. The van der Waals surface area contributed by atoms with E-state index in [0.29, 0.717) is 23.4 Å². The van der Waals surface area contributed by atoms with E-state index in [1.165, 1.54) is 79.6 Å². The number of nitrogens with zero attached hydrogens (tertiary/aromatic N) is 5. The number of amides is 2. The maximum Gasteiger partial charge on any atom is 0.410 e. The van der Waals surface area contributed by atoms with Crippen molar-refractivity contribution in [3.63, 3.8) is 0 Å². The molecule has 0 heterocycles. The molecule has 24 heteroatoms. The number of hydrogen-bond donors (Lipinski definition) is 2. The summed E-state index contributed by atoms with van der Waals surface area (Å²) < 4.78 is 24.1. The van der Waals surface area contributed by atoms with Crippen LogP contribution < -0.4 is 5.73 Å². The first kappa shape index (κ1) is 60.3. The Morgan fingerprint density at radius 1 is 0.535 bits per heavy atom. The Balaban J connectivity index is 0.000000486. The first-order chi connectivity index (χ1) is 32.8. The van der Waals surface area contributed by atoms with E-state index in [4.69, 9.17) is 20.3 Å². The number of benzene rings is 4. The van der Waals surface area contributed by atoms with E-state index in [-0.39, 0.29) is 45.9 Å². The quantitative estimate of drug-likeness (QED) is 0.0467. The van der Waals surface area contributed by atoms with Crippen LogP contribution in [-0.2, 0) is 36.8 Å². The highest BCUT2D eigenvalue weighted by Gasteiger charge is 2.25. The number of carbonyl (C=O) groups is 6. The third-order valence-corrected chi connectivity index (χ3v) is 8.77. The van der Waals surface area contributed by atoms with Gasteiger partial charge in [-0.25, -0.2) is 28.8 Å². The minimum absolute atomic E-state index is 0.0162. The minimum Gasteiger partial charge on any atom is -0.477 e. The van der Waals surface area contributed by atoms with Crippen molar-refractivity contribution in [3.8, 4) is 0 Å². The van der Waals surface area contributed by atoms with E-state index in [1.807, 2.05) is 0 Å². The molecule has 0 fully saturated rings. The van der Waals surface area contributed by atoms with Crippen molar-refractivity contribution in [3.05, 3.63) is 148 Å². The molecule has 24 nitrogen and oxygen atoms in total. The second-order valence-corrected chi connectivity index (χ2v) is 17.0. The van der Waals surface area contributed by atoms with Gasteiger partial charge in [-0.05, 0) is 108 Å². The maximum absolute atomic E-state index is 11.9. The molecular formula is C47H58N6O18. The van der Waals surface area contributed by atoms with Crippen LogP contribution in [0.25, 0.3) is 0 Å². The number of nitrogen functional groups attached to an aromatic ring is 1. The highest BCUT2D eigenvalue weighted by atomic mass is 16.6. The average Bonchev–Trinajstić information content (AvgIpc) is 3.27. The fourth-order valence-electron chi connectivity index (χ4n) is 5.52.